The van der Waals surface area contributed by atoms with Gasteiger partial charge in [-0.3, -0.25) is 4.79 Å². The molecule has 42 heavy (non-hydrogen) atoms. The van der Waals surface area contributed by atoms with Crippen molar-refractivity contribution in [2.45, 2.75) is 31.8 Å². The number of aromatic nitrogens is 2. The van der Waals surface area contributed by atoms with Gasteiger partial charge >= 0.3 is 0 Å². The maximum Gasteiger partial charge on any atom is 0.293 e. The number of benzene rings is 2. The normalized spacial score (nSPS) is 17.4. The number of amides is 1. The topological polar surface area (TPSA) is 98.8 Å². The molecule has 2 aromatic heterocycles. The molecule has 10 heteroatoms. The van der Waals surface area contributed by atoms with Crippen LogP contribution in [0.15, 0.2) is 54.7 Å². The number of pyridine rings is 1. The van der Waals surface area contributed by atoms with Crippen LogP contribution in [0.25, 0.3) is 27.7 Å². The van der Waals surface area contributed by atoms with Gasteiger partial charge in [0.25, 0.3) is 13.3 Å². The van der Waals surface area contributed by atoms with E-state index in [9.17, 15) is 14.7 Å². The van der Waals surface area contributed by atoms with Gasteiger partial charge in [0.1, 0.15) is 29.4 Å². The van der Waals surface area contributed by atoms with Crippen molar-refractivity contribution in [3.63, 3.8) is 0 Å². The number of aliphatic hydroxyl groups excluding tert-OH is 1. The van der Waals surface area contributed by atoms with Crippen LogP contribution in [0.1, 0.15) is 52.4 Å². The third kappa shape index (κ3) is 4.70. The highest BCUT2D eigenvalue weighted by Gasteiger charge is 2.33. The van der Waals surface area contributed by atoms with Gasteiger partial charge in [-0.25, -0.2) is 9.37 Å². The minimum Gasteiger partial charge on any atom is -0.491 e. The molecule has 0 atom stereocenters. The first kappa shape index (κ1) is 26.6. The first-order valence-electron chi connectivity index (χ1n) is 14.3. The van der Waals surface area contributed by atoms with E-state index in [4.69, 9.17) is 4.74 Å². The number of hydrogen-bond acceptors (Lipinski definition) is 6. The van der Waals surface area contributed by atoms with Crippen LogP contribution in [0.5, 0.6) is 5.75 Å². The van der Waals surface area contributed by atoms with Gasteiger partial charge in [-0.1, -0.05) is 18.2 Å². The van der Waals surface area contributed by atoms with E-state index >= 15 is 4.39 Å². The number of halogens is 1. The van der Waals surface area contributed by atoms with E-state index < -0.39 is 11.7 Å². The molecule has 1 aliphatic carbocycles. The Morgan fingerprint density at radius 1 is 1.17 bits per heavy atom. The Bertz CT molecular complexity index is 1750. The highest BCUT2D eigenvalue weighted by Crippen LogP contribution is 2.43. The second-order valence-electron chi connectivity index (χ2n) is 11.0. The predicted octanol–water partition coefficient (Wildman–Crippen LogP) is 4.68. The molecule has 3 aliphatic rings. The van der Waals surface area contributed by atoms with Crippen molar-refractivity contribution in [3.05, 3.63) is 82.9 Å². The fourth-order valence-corrected chi connectivity index (χ4v) is 6.12. The van der Waals surface area contributed by atoms with E-state index in [1.165, 1.54) is 11.0 Å². The Morgan fingerprint density at radius 3 is 2.81 bits per heavy atom. The largest absolute Gasteiger partial charge is 0.491 e. The lowest BCUT2D eigenvalue weighted by molar-refractivity contribution is 0.0985. The van der Waals surface area contributed by atoms with Crippen LogP contribution in [0, 0.1) is 5.82 Å². The monoisotopic (exact) mass is 563 g/mol. The second-order valence-corrected chi connectivity index (χ2v) is 11.0. The molecule has 0 unspecified atom stereocenters. The van der Waals surface area contributed by atoms with Crippen LogP contribution < -0.4 is 9.64 Å². The molecule has 4 aromatic rings. The van der Waals surface area contributed by atoms with Crippen LogP contribution in [-0.2, 0) is 11.4 Å². The van der Waals surface area contributed by atoms with Gasteiger partial charge in [-0.05, 0) is 84.3 Å². The molecule has 2 aliphatic heterocycles. The summed E-state index contributed by atoms with van der Waals surface area (Å²) in [5.41, 5.74) is 6.32. The number of carbonyl (C=O) groups is 2. The molecule has 0 bridgehead atoms. The van der Waals surface area contributed by atoms with Crippen molar-refractivity contribution in [2.24, 2.45) is 0 Å². The Hall–Kier alpha value is -4.28. The van der Waals surface area contributed by atoms with Crippen LogP contribution in [0.4, 0.5) is 10.1 Å². The fraction of sp³-hybridized carbons (Fsp3) is 0.281. The van der Waals surface area contributed by atoms with Crippen molar-refractivity contribution >= 4 is 41.8 Å². The van der Waals surface area contributed by atoms with E-state index in [-0.39, 0.29) is 31.1 Å². The van der Waals surface area contributed by atoms with Crippen molar-refractivity contribution in [1.29, 1.82) is 0 Å². The maximum atomic E-state index is 15.3. The van der Waals surface area contributed by atoms with Gasteiger partial charge in [0, 0.05) is 29.4 Å². The molecular formula is C32H29BFN4O4. The molecular weight excluding hydrogens is 534 g/mol. The van der Waals surface area contributed by atoms with Crippen molar-refractivity contribution in [3.8, 4) is 16.9 Å². The van der Waals surface area contributed by atoms with Gasteiger partial charge < -0.3 is 29.3 Å². The molecule has 1 saturated carbocycles. The molecule has 211 valence electrons. The number of anilines is 1. The summed E-state index contributed by atoms with van der Waals surface area (Å²) >= 11 is 0. The molecule has 1 fully saturated rings. The molecule has 0 saturated heterocycles. The molecule has 2 N–H and O–H groups in total. The third-order valence-corrected chi connectivity index (χ3v) is 8.44. The van der Waals surface area contributed by atoms with Crippen molar-refractivity contribution in [1.82, 2.24) is 14.8 Å². The minimum atomic E-state index is -0.576. The van der Waals surface area contributed by atoms with E-state index in [1.54, 1.807) is 25.7 Å². The molecule has 2 aromatic carbocycles. The van der Waals surface area contributed by atoms with E-state index in [0.717, 1.165) is 65.3 Å². The Morgan fingerprint density at radius 2 is 2.05 bits per heavy atom. The summed E-state index contributed by atoms with van der Waals surface area (Å²) in [6.45, 7) is 1.51. The van der Waals surface area contributed by atoms with E-state index in [0.29, 0.717) is 29.4 Å². The molecule has 8 nitrogen and oxygen atoms in total. The summed E-state index contributed by atoms with van der Waals surface area (Å²) < 4.78 is 21.2. The van der Waals surface area contributed by atoms with Gasteiger partial charge in [-0.15, -0.1) is 0 Å². The van der Waals surface area contributed by atoms with Gasteiger partial charge in [0.05, 0.1) is 25.0 Å². The summed E-state index contributed by atoms with van der Waals surface area (Å²) in [4.78, 5) is 36.1. The smallest absolute Gasteiger partial charge is 0.293 e. The number of ether oxygens (including phenoxy) is 1. The average molecular weight is 563 g/mol. The number of hydrogen-bond donors (Lipinski definition) is 2. The summed E-state index contributed by atoms with van der Waals surface area (Å²) in [5.74, 6) is -0.446. The van der Waals surface area contributed by atoms with Crippen LogP contribution in [-0.4, -0.2) is 65.6 Å². The SMILES string of the molecule is O=C[B]N1CC=C(c2cc3c(-c4cccc(N5CCOc6cc(C7CC7)cc(F)c6C5=O)c4CO)ccnc3[nH]2)CC1. The molecule has 1 amide bonds. The van der Waals surface area contributed by atoms with Crippen molar-refractivity contribution < 1.29 is 23.8 Å². The van der Waals surface area contributed by atoms with Crippen LogP contribution in [0.2, 0.25) is 0 Å². The molecule has 0 spiro atoms. The Balaban J connectivity index is 1.27. The fourth-order valence-electron chi connectivity index (χ4n) is 6.12. The number of rotatable bonds is 7. The lowest BCUT2D eigenvalue weighted by Gasteiger charge is -2.24. The standard InChI is InChI=1S/C32H29BFN4O4/c34-26-14-21(19-4-5-19)15-29-30(26)32(41)38(12-13-42-29)28-3-1-2-22(25(28)17-39)23-6-9-35-31-24(23)16-27(36-31)20-7-10-37(11-8-20)33-18-40/h1-3,6-7,9,14-16,18-19,39H,4-5,8,10-13,17H2,(H,35,36). The number of carbonyl (C=O) groups excluding carboxylic acids is 2. The number of fused-ring (bicyclic) bond motifs is 2. The highest BCUT2D eigenvalue weighted by atomic mass is 19.1. The Labute approximate surface area is 243 Å². The minimum absolute atomic E-state index is 0.0714. The Kier molecular flexibility index (Phi) is 6.88. The lowest BCUT2D eigenvalue weighted by atomic mass is 9.90. The third-order valence-electron chi connectivity index (χ3n) is 8.44. The highest BCUT2D eigenvalue weighted by molar-refractivity contribution is 6.64. The second kappa shape index (κ2) is 10.9. The zero-order valence-corrected chi connectivity index (χ0v) is 23.0. The van der Waals surface area contributed by atoms with Gasteiger partial charge in [0.2, 0.25) is 0 Å². The lowest BCUT2D eigenvalue weighted by Crippen LogP contribution is -2.33. The number of H-pyrrole nitrogens is 1. The quantitative estimate of drug-likeness (QED) is 0.251. The maximum absolute atomic E-state index is 15.3. The van der Waals surface area contributed by atoms with Crippen LogP contribution in [0.3, 0.4) is 0 Å². The average Bonchev–Trinajstić information content (AvgIpc) is 3.79. The van der Waals surface area contributed by atoms with Crippen molar-refractivity contribution in [2.75, 3.05) is 31.1 Å². The number of aromatic amines is 1. The number of aliphatic hydroxyl groups is 1. The zero-order chi connectivity index (χ0) is 28.8. The van der Waals surface area contributed by atoms with Crippen LogP contribution >= 0.6 is 0 Å². The molecule has 7 rings (SSSR count). The van der Waals surface area contributed by atoms with Gasteiger partial charge in [-0.2, -0.15) is 0 Å². The summed E-state index contributed by atoms with van der Waals surface area (Å²) in [5, 5.41) is 11.5. The summed E-state index contributed by atoms with van der Waals surface area (Å²) in [7, 11) is 1.56. The first-order chi connectivity index (χ1) is 20.6. The van der Waals surface area contributed by atoms with E-state index in [1.807, 2.05) is 23.0 Å². The number of nitrogens with zero attached hydrogens (tertiary/aromatic N) is 3. The molecule has 1 radical (unpaired) electrons. The summed E-state index contributed by atoms with van der Waals surface area (Å²) in [6.07, 6.45) is 7.44. The van der Waals surface area contributed by atoms with Gasteiger partial charge in [0.15, 0.2) is 0 Å². The zero-order valence-electron chi connectivity index (χ0n) is 23.0. The predicted molar refractivity (Wildman–Crippen MR) is 160 cm³/mol. The first-order valence-corrected chi connectivity index (χ1v) is 14.3. The molecule has 4 heterocycles. The number of nitrogens with one attached hydrogen (secondary N) is 1. The summed E-state index contributed by atoms with van der Waals surface area (Å²) in [6, 6.07) is 12.8. The van der Waals surface area contributed by atoms with E-state index in [2.05, 4.69) is 22.1 Å².